The summed E-state index contributed by atoms with van der Waals surface area (Å²) in [5, 5.41) is 3.50. The third kappa shape index (κ3) is 4.11. The number of ether oxygens (including phenoxy) is 1. The van der Waals surface area contributed by atoms with Crippen molar-refractivity contribution in [1.82, 2.24) is 10.2 Å². The van der Waals surface area contributed by atoms with Gasteiger partial charge in [0.1, 0.15) is 0 Å². The third-order valence-corrected chi connectivity index (χ3v) is 3.22. The van der Waals surface area contributed by atoms with E-state index in [2.05, 4.69) is 41.4 Å². The van der Waals surface area contributed by atoms with Gasteiger partial charge in [-0.3, -0.25) is 0 Å². The second kappa shape index (κ2) is 6.74. The molecule has 0 amide bonds. The quantitative estimate of drug-likeness (QED) is 0.835. The molecule has 1 heterocycles. The van der Waals surface area contributed by atoms with Gasteiger partial charge in [0.05, 0.1) is 13.2 Å². The summed E-state index contributed by atoms with van der Waals surface area (Å²) in [6, 6.07) is 10.8. The first-order valence-corrected chi connectivity index (χ1v) is 6.46. The summed E-state index contributed by atoms with van der Waals surface area (Å²) < 4.78 is 5.76. The molecule has 0 saturated carbocycles. The van der Waals surface area contributed by atoms with Crippen molar-refractivity contribution < 1.29 is 4.74 Å². The lowest BCUT2D eigenvalue weighted by Gasteiger charge is -2.32. The molecule has 1 aromatic carbocycles. The summed E-state index contributed by atoms with van der Waals surface area (Å²) in [5.41, 5.74) is 1.25. The molecule has 2 rings (SSSR count). The van der Waals surface area contributed by atoms with Crippen molar-refractivity contribution in [3.8, 4) is 0 Å². The second-order valence-electron chi connectivity index (χ2n) is 4.55. The molecule has 1 atom stereocenters. The number of nitrogens with one attached hydrogen (secondary N) is 1. The molecule has 0 radical (unpaired) electrons. The lowest BCUT2D eigenvalue weighted by atomic mass is 10.2. The van der Waals surface area contributed by atoms with E-state index in [1.165, 1.54) is 5.56 Å². The van der Waals surface area contributed by atoms with E-state index in [9.17, 15) is 0 Å². The monoisotopic (exact) mass is 234 g/mol. The van der Waals surface area contributed by atoms with Crippen LogP contribution in [0.3, 0.4) is 0 Å². The van der Waals surface area contributed by atoms with Crippen molar-refractivity contribution in [2.45, 2.75) is 19.6 Å². The van der Waals surface area contributed by atoms with Crippen molar-refractivity contribution in [2.24, 2.45) is 0 Å². The van der Waals surface area contributed by atoms with E-state index < -0.39 is 0 Å². The molecule has 1 N–H and O–H groups in total. The van der Waals surface area contributed by atoms with Gasteiger partial charge in [-0.2, -0.15) is 0 Å². The van der Waals surface area contributed by atoms with E-state index in [0.717, 1.165) is 32.8 Å². The largest absolute Gasteiger partial charge is 0.375 e. The Hall–Kier alpha value is -0.900. The van der Waals surface area contributed by atoms with Gasteiger partial charge in [0, 0.05) is 25.7 Å². The number of nitrogens with zero attached hydrogens (tertiary/aromatic N) is 1. The van der Waals surface area contributed by atoms with Crippen LogP contribution in [-0.2, 0) is 11.3 Å². The number of rotatable bonds is 5. The van der Waals surface area contributed by atoms with Gasteiger partial charge in [0.2, 0.25) is 0 Å². The minimum absolute atomic E-state index is 0.479. The summed E-state index contributed by atoms with van der Waals surface area (Å²) in [4.78, 5) is 2.47. The number of piperazine rings is 1. The van der Waals surface area contributed by atoms with Crippen LogP contribution in [0.4, 0.5) is 0 Å². The molecule has 0 spiro atoms. The minimum Gasteiger partial charge on any atom is -0.375 e. The lowest BCUT2D eigenvalue weighted by Crippen LogP contribution is -2.52. The van der Waals surface area contributed by atoms with E-state index in [4.69, 9.17) is 4.74 Å². The summed E-state index contributed by atoms with van der Waals surface area (Å²) in [7, 11) is 0. The zero-order valence-corrected chi connectivity index (χ0v) is 10.6. The Kier molecular flexibility index (Phi) is 4.98. The van der Waals surface area contributed by atoms with Gasteiger partial charge in [-0.25, -0.2) is 0 Å². The first-order chi connectivity index (χ1) is 8.38. The topological polar surface area (TPSA) is 24.5 Å². The van der Waals surface area contributed by atoms with Gasteiger partial charge in [-0.05, 0) is 12.1 Å². The maximum absolute atomic E-state index is 5.76. The van der Waals surface area contributed by atoms with E-state index in [-0.39, 0.29) is 0 Å². The van der Waals surface area contributed by atoms with Gasteiger partial charge in [-0.15, -0.1) is 0 Å². The van der Waals surface area contributed by atoms with E-state index in [1.807, 2.05) is 6.07 Å². The first kappa shape index (κ1) is 12.6. The minimum atomic E-state index is 0.479. The Morgan fingerprint density at radius 2 is 2.18 bits per heavy atom. The highest BCUT2D eigenvalue weighted by molar-refractivity contribution is 5.13. The molecule has 17 heavy (non-hydrogen) atoms. The van der Waals surface area contributed by atoms with E-state index >= 15 is 0 Å². The third-order valence-electron chi connectivity index (χ3n) is 3.22. The molecule has 1 aliphatic heterocycles. The SMILES string of the molecule is CCN1CCN[C@@H](COCc2ccccc2)C1. The summed E-state index contributed by atoms with van der Waals surface area (Å²) in [6.07, 6.45) is 0. The molecule has 3 heteroatoms. The molecule has 1 saturated heterocycles. The highest BCUT2D eigenvalue weighted by Crippen LogP contribution is 2.03. The number of likely N-dealkylation sites (N-methyl/N-ethyl adjacent to an activating group) is 1. The maximum atomic E-state index is 5.76. The maximum Gasteiger partial charge on any atom is 0.0717 e. The molecule has 94 valence electrons. The van der Waals surface area contributed by atoms with Gasteiger partial charge in [0.25, 0.3) is 0 Å². The highest BCUT2D eigenvalue weighted by atomic mass is 16.5. The van der Waals surface area contributed by atoms with Gasteiger partial charge in [0.15, 0.2) is 0 Å². The van der Waals surface area contributed by atoms with Crippen molar-refractivity contribution in [3.63, 3.8) is 0 Å². The fourth-order valence-electron chi connectivity index (χ4n) is 2.19. The van der Waals surface area contributed by atoms with Gasteiger partial charge >= 0.3 is 0 Å². The number of hydrogen-bond donors (Lipinski definition) is 1. The molecule has 0 bridgehead atoms. The Labute approximate surface area is 104 Å². The van der Waals surface area contributed by atoms with Gasteiger partial charge < -0.3 is 15.0 Å². The zero-order valence-electron chi connectivity index (χ0n) is 10.6. The van der Waals surface area contributed by atoms with Crippen LogP contribution in [0.25, 0.3) is 0 Å². The van der Waals surface area contributed by atoms with Crippen LogP contribution in [0.1, 0.15) is 12.5 Å². The average molecular weight is 234 g/mol. The Bertz CT molecular complexity index is 315. The molecular weight excluding hydrogens is 212 g/mol. The van der Waals surface area contributed by atoms with E-state index in [0.29, 0.717) is 12.6 Å². The van der Waals surface area contributed by atoms with Crippen molar-refractivity contribution in [2.75, 3.05) is 32.8 Å². The number of hydrogen-bond acceptors (Lipinski definition) is 3. The van der Waals surface area contributed by atoms with Crippen molar-refractivity contribution >= 4 is 0 Å². The normalized spacial score (nSPS) is 21.6. The fraction of sp³-hybridized carbons (Fsp3) is 0.571. The Balaban J connectivity index is 1.68. The summed E-state index contributed by atoms with van der Waals surface area (Å²) in [6.45, 7) is 8.20. The Morgan fingerprint density at radius 3 is 2.94 bits per heavy atom. The average Bonchev–Trinajstić information content (AvgIpc) is 2.40. The van der Waals surface area contributed by atoms with Crippen LogP contribution in [-0.4, -0.2) is 43.7 Å². The molecule has 0 unspecified atom stereocenters. The highest BCUT2D eigenvalue weighted by Gasteiger charge is 2.17. The molecule has 0 aromatic heterocycles. The fourth-order valence-corrected chi connectivity index (χ4v) is 2.19. The molecule has 1 fully saturated rings. The van der Waals surface area contributed by atoms with Crippen LogP contribution < -0.4 is 5.32 Å². The van der Waals surface area contributed by atoms with Crippen LogP contribution >= 0.6 is 0 Å². The first-order valence-electron chi connectivity index (χ1n) is 6.46. The molecule has 3 nitrogen and oxygen atoms in total. The lowest BCUT2D eigenvalue weighted by molar-refractivity contribution is 0.0733. The summed E-state index contributed by atoms with van der Waals surface area (Å²) >= 11 is 0. The molecule has 1 aliphatic rings. The van der Waals surface area contributed by atoms with E-state index in [1.54, 1.807) is 0 Å². The van der Waals surface area contributed by atoms with Crippen LogP contribution in [0.15, 0.2) is 30.3 Å². The van der Waals surface area contributed by atoms with Gasteiger partial charge in [-0.1, -0.05) is 37.3 Å². The van der Waals surface area contributed by atoms with Crippen LogP contribution in [0.2, 0.25) is 0 Å². The second-order valence-corrected chi connectivity index (χ2v) is 4.55. The Morgan fingerprint density at radius 1 is 1.35 bits per heavy atom. The summed E-state index contributed by atoms with van der Waals surface area (Å²) in [5.74, 6) is 0. The van der Waals surface area contributed by atoms with Crippen molar-refractivity contribution in [3.05, 3.63) is 35.9 Å². The molecule has 0 aliphatic carbocycles. The van der Waals surface area contributed by atoms with Crippen LogP contribution in [0, 0.1) is 0 Å². The van der Waals surface area contributed by atoms with Crippen LogP contribution in [0.5, 0.6) is 0 Å². The predicted molar refractivity (Wildman–Crippen MR) is 70.0 cm³/mol. The predicted octanol–water partition coefficient (Wildman–Crippen LogP) is 1.50. The van der Waals surface area contributed by atoms with Crippen molar-refractivity contribution in [1.29, 1.82) is 0 Å². The standard InChI is InChI=1S/C14H22N2O/c1-2-16-9-8-15-14(10-16)12-17-11-13-6-4-3-5-7-13/h3-7,14-15H,2,8-12H2,1H3/t14-/m1/s1. The molecule has 1 aromatic rings. The number of benzene rings is 1. The molecular formula is C14H22N2O. The smallest absolute Gasteiger partial charge is 0.0717 e. The zero-order chi connectivity index (χ0) is 11.9.